The normalized spacial score (nSPS) is 17.4. The highest BCUT2D eigenvalue weighted by molar-refractivity contribution is 4.84. The molecule has 2 N–H and O–H groups in total. The van der Waals surface area contributed by atoms with Crippen molar-refractivity contribution in [3.8, 4) is 6.07 Å². The van der Waals surface area contributed by atoms with Crippen molar-refractivity contribution >= 4 is 0 Å². The molecule has 40 valence electrons. The summed E-state index contributed by atoms with van der Waals surface area (Å²) < 4.78 is 0. The summed E-state index contributed by atoms with van der Waals surface area (Å²) in [6.45, 7) is 3.64. The summed E-state index contributed by atoms with van der Waals surface area (Å²) in [7, 11) is 0. The van der Waals surface area contributed by atoms with Crippen LogP contribution >= 0.6 is 0 Å². The highest BCUT2D eigenvalue weighted by Gasteiger charge is 2.02. The quantitative estimate of drug-likeness (QED) is 0.519. The zero-order chi connectivity index (χ0) is 5.86. The van der Waals surface area contributed by atoms with Gasteiger partial charge in [-0.25, -0.2) is 0 Å². The number of hydrogen-bond acceptors (Lipinski definition) is 2. The van der Waals surface area contributed by atoms with E-state index >= 15 is 0 Å². The second-order valence-electron chi connectivity index (χ2n) is 1.78. The molecule has 0 saturated heterocycles. The topological polar surface area (TPSA) is 49.8 Å². The SMILES string of the molecule is CC(N)[C@H](C)C#N. The van der Waals surface area contributed by atoms with Crippen LogP contribution in [0, 0.1) is 17.2 Å². The monoisotopic (exact) mass is 98.1 g/mol. The smallest absolute Gasteiger partial charge is 0.0669 e. The van der Waals surface area contributed by atoms with Gasteiger partial charge in [-0.2, -0.15) is 5.26 Å². The van der Waals surface area contributed by atoms with Crippen LogP contribution in [0.4, 0.5) is 0 Å². The van der Waals surface area contributed by atoms with Crippen molar-refractivity contribution < 1.29 is 0 Å². The maximum Gasteiger partial charge on any atom is 0.0669 e. The number of hydrogen-bond donors (Lipinski definition) is 1. The molecule has 0 aromatic rings. The van der Waals surface area contributed by atoms with E-state index in [4.69, 9.17) is 11.0 Å². The van der Waals surface area contributed by atoms with Gasteiger partial charge in [-0.3, -0.25) is 0 Å². The summed E-state index contributed by atoms with van der Waals surface area (Å²) >= 11 is 0. The van der Waals surface area contributed by atoms with Gasteiger partial charge in [-0.1, -0.05) is 0 Å². The van der Waals surface area contributed by atoms with E-state index in [9.17, 15) is 0 Å². The van der Waals surface area contributed by atoms with E-state index in [1.165, 1.54) is 0 Å². The Balaban J connectivity index is 3.40. The standard InChI is InChI=1S/C5H10N2/c1-4(3-6)5(2)7/h4-5H,7H2,1-2H3/t4-,5?/m1/s1. The van der Waals surface area contributed by atoms with Crippen LogP contribution in [0.15, 0.2) is 0 Å². The minimum Gasteiger partial charge on any atom is -0.327 e. The van der Waals surface area contributed by atoms with Crippen molar-refractivity contribution in [3.63, 3.8) is 0 Å². The lowest BCUT2D eigenvalue weighted by atomic mass is 10.1. The minimum absolute atomic E-state index is 0.00463. The lowest BCUT2D eigenvalue weighted by Gasteiger charge is -2.02. The predicted molar refractivity (Wildman–Crippen MR) is 28.4 cm³/mol. The second-order valence-corrected chi connectivity index (χ2v) is 1.78. The van der Waals surface area contributed by atoms with Gasteiger partial charge in [0.2, 0.25) is 0 Å². The van der Waals surface area contributed by atoms with Gasteiger partial charge in [0, 0.05) is 6.04 Å². The van der Waals surface area contributed by atoms with Crippen LogP contribution < -0.4 is 5.73 Å². The van der Waals surface area contributed by atoms with E-state index in [0.29, 0.717) is 0 Å². The van der Waals surface area contributed by atoms with E-state index in [2.05, 4.69) is 0 Å². The first-order valence-corrected chi connectivity index (χ1v) is 2.33. The summed E-state index contributed by atoms with van der Waals surface area (Å²) in [5.41, 5.74) is 5.32. The predicted octanol–water partition coefficient (Wildman–Crippen LogP) is 0.493. The summed E-state index contributed by atoms with van der Waals surface area (Å²) in [5.74, 6) is -0.0139. The van der Waals surface area contributed by atoms with Crippen molar-refractivity contribution in [1.29, 1.82) is 5.26 Å². The van der Waals surface area contributed by atoms with E-state index in [1.54, 1.807) is 0 Å². The summed E-state index contributed by atoms with van der Waals surface area (Å²) in [4.78, 5) is 0. The van der Waals surface area contributed by atoms with Crippen molar-refractivity contribution in [3.05, 3.63) is 0 Å². The van der Waals surface area contributed by atoms with Crippen LogP contribution in [0.2, 0.25) is 0 Å². The van der Waals surface area contributed by atoms with E-state index < -0.39 is 0 Å². The van der Waals surface area contributed by atoms with Crippen LogP contribution in [0.1, 0.15) is 13.8 Å². The van der Waals surface area contributed by atoms with Crippen LogP contribution in [-0.4, -0.2) is 6.04 Å². The molecule has 0 aliphatic carbocycles. The van der Waals surface area contributed by atoms with Crippen LogP contribution in [-0.2, 0) is 0 Å². The molecule has 0 fully saturated rings. The number of nitriles is 1. The zero-order valence-electron chi connectivity index (χ0n) is 4.68. The first-order chi connectivity index (χ1) is 3.18. The Morgan fingerprint density at radius 2 is 2.00 bits per heavy atom. The third-order valence-electron chi connectivity index (χ3n) is 0.992. The first-order valence-electron chi connectivity index (χ1n) is 2.33. The van der Waals surface area contributed by atoms with Crippen molar-refractivity contribution in [2.75, 3.05) is 0 Å². The highest BCUT2D eigenvalue weighted by atomic mass is 14.6. The Morgan fingerprint density at radius 1 is 1.57 bits per heavy atom. The molecule has 0 amide bonds. The molecule has 0 aromatic carbocycles. The third kappa shape index (κ3) is 2.18. The van der Waals surface area contributed by atoms with E-state index in [0.717, 1.165) is 0 Å². The zero-order valence-corrected chi connectivity index (χ0v) is 4.68. The Kier molecular flexibility index (Phi) is 2.39. The van der Waals surface area contributed by atoms with Gasteiger partial charge in [0.15, 0.2) is 0 Å². The molecule has 0 heterocycles. The van der Waals surface area contributed by atoms with Gasteiger partial charge in [-0.15, -0.1) is 0 Å². The highest BCUT2D eigenvalue weighted by Crippen LogP contribution is 1.94. The molecule has 0 aromatic heterocycles. The maximum absolute atomic E-state index is 8.18. The van der Waals surface area contributed by atoms with Gasteiger partial charge < -0.3 is 5.73 Å². The van der Waals surface area contributed by atoms with Crippen molar-refractivity contribution in [2.24, 2.45) is 11.7 Å². The Labute approximate surface area is 43.9 Å². The van der Waals surface area contributed by atoms with Gasteiger partial charge in [0.05, 0.1) is 12.0 Å². The molecule has 0 aliphatic heterocycles. The molecule has 0 saturated carbocycles. The lowest BCUT2D eigenvalue weighted by molar-refractivity contribution is 0.593. The average Bonchev–Trinajstić information content (AvgIpc) is 1.65. The minimum atomic E-state index is -0.0139. The summed E-state index contributed by atoms with van der Waals surface area (Å²) in [6, 6.07) is 2.04. The number of nitrogens with two attached hydrogens (primary N) is 1. The average molecular weight is 98.1 g/mol. The van der Waals surface area contributed by atoms with E-state index in [-0.39, 0.29) is 12.0 Å². The molecular weight excluding hydrogens is 88.1 g/mol. The van der Waals surface area contributed by atoms with Crippen molar-refractivity contribution in [2.45, 2.75) is 19.9 Å². The molecular formula is C5H10N2. The second kappa shape index (κ2) is 2.59. The fraction of sp³-hybridized carbons (Fsp3) is 0.800. The Morgan fingerprint density at radius 3 is 2.00 bits per heavy atom. The molecule has 2 heteroatoms. The fourth-order valence-electron chi connectivity index (χ4n) is 0.118. The maximum atomic E-state index is 8.18. The summed E-state index contributed by atoms with van der Waals surface area (Å²) in [6.07, 6.45) is 0. The van der Waals surface area contributed by atoms with Gasteiger partial charge in [0.1, 0.15) is 0 Å². The number of rotatable bonds is 1. The molecule has 0 aliphatic rings. The summed E-state index contributed by atoms with van der Waals surface area (Å²) in [5, 5.41) is 8.18. The molecule has 1 unspecified atom stereocenters. The van der Waals surface area contributed by atoms with Gasteiger partial charge in [0.25, 0.3) is 0 Å². The fourth-order valence-corrected chi connectivity index (χ4v) is 0.118. The molecule has 0 spiro atoms. The van der Waals surface area contributed by atoms with Gasteiger partial charge in [-0.05, 0) is 13.8 Å². The number of nitrogens with zero attached hydrogens (tertiary/aromatic N) is 1. The third-order valence-corrected chi connectivity index (χ3v) is 0.992. The molecule has 7 heavy (non-hydrogen) atoms. The largest absolute Gasteiger partial charge is 0.327 e. The van der Waals surface area contributed by atoms with Crippen molar-refractivity contribution in [1.82, 2.24) is 0 Å². The molecule has 2 atom stereocenters. The van der Waals surface area contributed by atoms with Crippen LogP contribution in [0.3, 0.4) is 0 Å². The molecule has 0 rings (SSSR count). The first kappa shape index (κ1) is 6.45. The van der Waals surface area contributed by atoms with Crippen LogP contribution in [0.5, 0.6) is 0 Å². The van der Waals surface area contributed by atoms with E-state index in [1.807, 2.05) is 19.9 Å². The lowest BCUT2D eigenvalue weighted by Crippen LogP contribution is -2.22. The Hall–Kier alpha value is -0.550. The Bertz CT molecular complexity index is 80.6. The van der Waals surface area contributed by atoms with Crippen LogP contribution in [0.25, 0.3) is 0 Å². The van der Waals surface area contributed by atoms with Gasteiger partial charge >= 0.3 is 0 Å². The molecule has 0 bridgehead atoms. The molecule has 0 radical (unpaired) electrons. The molecule has 2 nitrogen and oxygen atoms in total.